The third kappa shape index (κ3) is 2.40. The molecule has 4 nitrogen and oxygen atoms in total. The van der Waals surface area contributed by atoms with Crippen molar-refractivity contribution in [3.8, 4) is 0 Å². The van der Waals surface area contributed by atoms with Gasteiger partial charge in [-0.3, -0.25) is 4.79 Å². The summed E-state index contributed by atoms with van der Waals surface area (Å²) in [5, 5.41) is 3.94. The Bertz CT molecular complexity index is 861. The fourth-order valence-electron chi connectivity index (χ4n) is 1.97. The number of rotatable bonds is 2. The van der Waals surface area contributed by atoms with Crippen LogP contribution in [0.2, 0.25) is 0 Å². The Balaban J connectivity index is 2.02. The van der Waals surface area contributed by atoms with Gasteiger partial charge in [0.1, 0.15) is 5.51 Å². The Morgan fingerprint density at radius 2 is 2.05 bits per heavy atom. The summed E-state index contributed by atoms with van der Waals surface area (Å²) < 4.78 is 1.31. The van der Waals surface area contributed by atoms with Crippen LogP contribution in [0, 0.1) is 13.8 Å². The van der Waals surface area contributed by atoms with Crippen molar-refractivity contribution in [1.29, 1.82) is 0 Å². The molecule has 100 valence electrons. The summed E-state index contributed by atoms with van der Waals surface area (Å²) >= 11 is 1.35. The first-order valence-corrected chi connectivity index (χ1v) is 7.10. The van der Waals surface area contributed by atoms with Crippen LogP contribution in [0.15, 0.2) is 34.6 Å². The van der Waals surface area contributed by atoms with E-state index in [2.05, 4.69) is 42.1 Å². The lowest BCUT2D eigenvalue weighted by atomic mass is 10.1. The molecular weight excluding hydrogens is 270 g/mol. The Morgan fingerprint density at radius 1 is 1.20 bits per heavy atom. The first kappa shape index (κ1) is 12.7. The summed E-state index contributed by atoms with van der Waals surface area (Å²) in [7, 11) is 0. The highest BCUT2D eigenvalue weighted by Crippen LogP contribution is 2.14. The van der Waals surface area contributed by atoms with Crippen LogP contribution in [-0.2, 0) is 0 Å². The third-order valence-electron chi connectivity index (χ3n) is 3.08. The van der Waals surface area contributed by atoms with Gasteiger partial charge in [0.2, 0.25) is 4.96 Å². The maximum atomic E-state index is 11.8. The Kier molecular flexibility index (Phi) is 3.20. The molecule has 0 atom stereocenters. The molecule has 3 rings (SSSR count). The molecule has 0 radical (unpaired) electrons. The molecule has 0 N–H and O–H groups in total. The molecule has 3 aromatic rings. The van der Waals surface area contributed by atoms with Gasteiger partial charge in [-0.25, -0.2) is 4.98 Å². The van der Waals surface area contributed by atoms with E-state index in [1.807, 2.05) is 12.2 Å². The SMILES string of the molecule is Cc1ccc(C)c(C=Cc2cc(=O)n3ncsc3n2)c1. The zero-order valence-electron chi connectivity index (χ0n) is 11.2. The first-order valence-electron chi connectivity index (χ1n) is 6.22. The molecule has 1 aromatic carbocycles. The van der Waals surface area contributed by atoms with Crippen LogP contribution >= 0.6 is 11.3 Å². The van der Waals surface area contributed by atoms with Crippen LogP contribution in [0.25, 0.3) is 17.1 Å². The average molecular weight is 283 g/mol. The largest absolute Gasteiger partial charge is 0.275 e. The number of nitrogens with zero attached hydrogens (tertiary/aromatic N) is 3. The van der Waals surface area contributed by atoms with Crippen LogP contribution < -0.4 is 5.56 Å². The minimum absolute atomic E-state index is 0.156. The van der Waals surface area contributed by atoms with E-state index in [4.69, 9.17) is 0 Å². The molecule has 0 fully saturated rings. The number of aryl methyl sites for hydroxylation is 2. The van der Waals surface area contributed by atoms with E-state index in [0.717, 1.165) is 5.56 Å². The van der Waals surface area contributed by atoms with Gasteiger partial charge in [-0.2, -0.15) is 9.61 Å². The monoisotopic (exact) mass is 283 g/mol. The van der Waals surface area contributed by atoms with Crippen LogP contribution in [0.4, 0.5) is 0 Å². The molecule has 0 saturated heterocycles. The highest BCUT2D eigenvalue weighted by Gasteiger charge is 2.02. The first-order chi connectivity index (χ1) is 9.63. The van der Waals surface area contributed by atoms with Crippen molar-refractivity contribution in [1.82, 2.24) is 14.6 Å². The predicted octanol–water partition coefficient (Wildman–Crippen LogP) is 2.94. The van der Waals surface area contributed by atoms with Gasteiger partial charge >= 0.3 is 0 Å². The highest BCUT2D eigenvalue weighted by atomic mass is 32.1. The average Bonchev–Trinajstić information content (AvgIpc) is 2.89. The second-order valence-corrected chi connectivity index (χ2v) is 5.46. The molecule has 0 aliphatic rings. The number of hydrogen-bond donors (Lipinski definition) is 0. The molecule has 0 saturated carbocycles. The van der Waals surface area contributed by atoms with Crippen LogP contribution in [-0.4, -0.2) is 14.6 Å². The third-order valence-corrected chi connectivity index (χ3v) is 3.75. The lowest BCUT2D eigenvalue weighted by Crippen LogP contribution is -2.13. The molecule has 5 heteroatoms. The van der Waals surface area contributed by atoms with Gasteiger partial charge in [-0.05, 0) is 31.1 Å². The molecule has 0 amide bonds. The van der Waals surface area contributed by atoms with Crippen LogP contribution in [0.5, 0.6) is 0 Å². The Labute approximate surface area is 120 Å². The second kappa shape index (κ2) is 5.02. The van der Waals surface area contributed by atoms with E-state index in [1.54, 1.807) is 5.51 Å². The van der Waals surface area contributed by atoms with Crippen LogP contribution in [0.3, 0.4) is 0 Å². The Morgan fingerprint density at radius 3 is 2.90 bits per heavy atom. The van der Waals surface area contributed by atoms with Gasteiger partial charge < -0.3 is 0 Å². The summed E-state index contributed by atoms with van der Waals surface area (Å²) in [6.07, 6.45) is 3.85. The van der Waals surface area contributed by atoms with Gasteiger partial charge in [0.25, 0.3) is 5.56 Å². The van der Waals surface area contributed by atoms with Crippen molar-refractivity contribution < 1.29 is 0 Å². The number of hydrogen-bond acceptors (Lipinski definition) is 4. The Hall–Kier alpha value is -2.27. The van der Waals surface area contributed by atoms with E-state index in [9.17, 15) is 4.79 Å². The minimum Gasteiger partial charge on any atom is -0.267 e. The predicted molar refractivity (Wildman–Crippen MR) is 82.0 cm³/mol. The maximum absolute atomic E-state index is 11.8. The highest BCUT2D eigenvalue weighted by molar-refractivity contribution is 7.14. The van der Waals surface area contributed by atoms with E-state index in [-0.39, 0.29) is 5.56 Å². The van der Waals surface area contributed by atoms with Crippen molar-refractivity contribution in [2.75, 3.05) is 0 Å². The van der Waals surface area contributed by atoms with E-state index in [0.29, 0.717) is 10.7 Å². The van der Waals surface area contributed by atoms with Crippen molar-refractivity contribution >= 4 is 28.4 Å². The van der Waals surface area contributed by atoms with Crippen molar-refractivity contribution in [3.63, 3.8) is 0 Å². The molecule has 2 heterocycles. The molecule has 2 aromatic heterocycles. The molecule has 0 aliphatic heterocycles. The summed E-state index contributed by atoms with van der Waals surface area (Å²) in [6, 6.07) is 7.78. The standard InChI is InChI=1S/C15H13N3OS/c1-10-3-4-11(2)12(7-10)5-6-13-8-14(19)18-15(17-13)20-9-16-18/h3-9H,1-2H3. The summed E-state index contributed by atoms with van der Waals surface area (Å²) in [5.74, 6) is 0. The molecule has 0 aliphatic carbocycles. The zero-order chi connectivity index (χ0) is 14.1. The fourth-order valence-corrected chi connectivity index (χ4v) is 2.60. The maximum Gasteiger partial charge on any atom is 0.275 e. The van der Waals surface area contributed by atoms with E-state index >= 15 is 0 Å². The fraction of sp³-hybridized carbons (Fsp3) is 0.133. The van der Waals surface area contributed by atoms with Gasteiger partial charge in [0.15, 0.2) is 0 Å². The van der Waals surface area contributed by atoms with Gasteiger partial charge in [-0.15, -0.1) is 0 Å². The van der Waals surface area contributed by atoms with Crippen molar-refractivity contribution in [2.45, 2.75) is 13.8 Å². The van der Waals surface area contributed by atoms with Gasteiger partial charge in [0.05, 0.1) is 5.69 Å². The summed E-state index contributed by atoms with van der Waals surface area (Å²) in [4.78, 5) is 16.8. The number of benzene rings is 1. The minimum atomic E-state index is -0.156. The quantitative estimate of drug-likeness (QED) is 0.726. The van der Waals surface area contributed by atoms with Gasteiger partial charge in [-0.1, -0.05) is 41.2 Å². The molecule has 0 spiro atoms. The molecule has 0 bridgehead atoms. The zero-order valence-corrected chi connectivity index (χ0v) is 12.0. The topological polar surface area (TPSA) is 47.3 Å². The summed E-state index contributed by atoms with van der Waals surface area (Å²) in [6.45, 7) is 4.12. The molecule has 0 unspecified atom stereocenters. The smallest absolute Gasteiger partial charge is 0.267 e. The second-order valence-electron chi connectivity index (χ2n) is 4.65. The van der Waals surface area contributed by atoms with E-state index < -0.39 is 0 Å². The number of aromatic nitrogens is 3. The number of fused-ring (bicyclic) bond motifs is 1. The normalized spacial score (nSPS) is 11.5. The lowest BCUT2D eigenvalue weighted by Gasteiger charge is -2.01. The van der Waals surface area contributed by atoms with Gasteiger partial charge in [0, 0.05) is 6.07 Å². The van der Waals surface area contributed by atoms with Crippen molar-refractivity contribution in [2.24, 2.45) is 0 Å². The van der Waals surface area contributed by atoms with Crippen molar-refractivity contribution in [3.05, 3.63) is 62.5 Å². The lowest BCUT2D eigenvalue weighted by molar-refractivity contribution is 0.897. The molecule has 20 heavy (non-hydrogen) atoms. The van der Waals surface area contributed by atoms with Crippen LogP contribution in [0.1, 0.15) is 22.4 Å². The molecular formula is C15H13N3OS. The van der Waals surface area contributed by atoms with E-state index in [1.165, 1.54) is 33.0 Å². The summed E-state index contributed by atoms with van der Waals surface area (Å²) in [5.41, 5.74) is 5.65.